The molecule has 0 bridgehead atoms. The fraction of sp³-hybridized carbons (Fsp3) is 0.0588. The van der Waals surface area contributed by atoms with Crippen LogP contribution in [0.5, 0.6) is 0 Å². The molecule has 0 unspecified atom stereocenters. The number of aromatic nitrogens is 1. The Morgan fingerprint density at radius 2 is 2.00 bits per heavy atom. The van der Waals surface area contributed by atoms with E-state index in [1.807, 2.05) is 35.0 Å². The summed E-state index contributed by atoms with van der Waals surface area (Å²) in [5, 5.41) is 24.4. The average Bonchev–Trinajstić information content (AvgIpc) is 2.97. The van der Waals surface area contributed by atoms with Gasteiger partial charge < -0.3 is 15.5 Å². The van der Waals surface area contributed by atoms with Crippen LogP contribution in [0, 0.1) is 5.41 Å². The van der Waals surface area contributed by atoms with Gasteiger partial charge in [-0.15, -0.1) is 5.11 Å². The molecule has 0 amide bonds. The Balaban J connectivity index is 1.92. The first kappa shape index (κ1) is 15.4. The van der Waals surface area contributed by atoms with Crippen LogP contribution in [0.2, 0.25) is 0 Å². The lowest BCUT2D eigenvalue weighted by Crippen LogP contribution is -2.01. The van der Waals surface area contributed by atoms with Gasteiger partial charge in [0, 0.05) is 29.2 Å². The first-order chi connectivity index (χ1) is 11.6. The lowest BCUT2D eigenvalue weighted by Gasteiger charge is -2.07. The molecule has 0 saturated heterocycles. The third-order valence-corrected chi connectivity index (χ3v) is 3.73. The number of benzene rings is 2. The molecule has 0 atom stereocenters. The number of hydrogen-bond acceptors (Lipinski definition) is 3. The Labute approximate surface area is 137 Å². The minimum absolute atomic E-state index is 0.00121. The standard InChI is InChI=1S/C17H15N5O2/c18-16(20-21-19)13-4-5-15-12(9-13)6-7-22(15)10-11-2-1-3-14(8-11)17(23)24/h1-9H,10H2,(H,23,24)(H3,18,19,20). The predicted molar refractivity (Wildman–Crippen MR) is 90.3 cm³/mol. The van der Waals surface area contributed by atoms with Gasteiger partial charge >= 0.3 is 5.97 Å². The quantitative estimate of drug-likeness (QED) is 0.225. The van der Waals surface area contributed by atoms with Gasteiger partial charge in [-0.3, -0.25) is 5.41 Å². The lowest BCUT2D eigenvalue weighted by molar-refractivity contribution is 0.0696. The molecular formula is C17H15N5O2. The van der Waals surface area contributed by atoms with Crippen LogP contribution in [0.25, 0.3) is 10.9 Å². The fourth-order valence-electron chi connectivity index (χ4n) is 2.60. The van der Waals surface area contributed by atoms with Crippen molar-refractivity contribution in [1.82, 2.24) is 4.57 Å². The molecule has 1 heterocycles. The largest absolute Gasteiger partial charge is 0.478 e. The van der Waals surface area contributed by atoms with Gasteiger partial charge in [0.25, 0.3) is 0 Å². The van der Waals surface area contributed by atoms with Gasteiger partial charge in [0.1, 0.15) is 0 Å². The van der Waals surface area contributed by atoms with Gasteiger partial charge in [0.2, 0.25) is 0 Å². The number of nitrogens with two attached hydrogens (primary N) is 1. The molecule has 3 aromatic rings. The normalized spacial score (nSPS) is 11.2. The maximum absolute atomic E-state index is 11.1. The number of aromatic carboxylic acids is 1. The monoisotopic (exact) mass is 321 g/mol. The highest BCUT2D eigenvalue weighted by Gasteiger charge is 2.07. The Bertz CT molecular complexity index is 959. The molecule has 2 aromatic carbocycles. The van der Waals surface area contributed by atoms with Crippen molar-refractivity contribution in [2.24, 2.45) is 16.2 Å². The Kier molecular flexibility index (Phi) is 4.07. The lowest BCUT2D eigenvalue weighted by atomic mass is 10.1. The molecule has 1 aromatic heterocycles. The summed E-state index contributed by atoms with van der Waals surface area (Å²) < 4.78 is 2.02. The summed E-state index contributed by atoms with van der Waals surface area (Å²) in [4.78, 5) is 11.1. The van der Waals surface area contributed by atoms with Gasteiger partial charge in [-0.2, -0.15) is 0 Å². The number of carboxylic acid groups (broad SMARTS) is 1. The second-order valence-electron chi connectivity index (χ2n) is 5.29. The molecule has 0 spiro atoms. The number of amidine groups is 1. The third-order valence-electron chi connectivity index (χ3n) is 3.73. The van der Waals surface area contributed by atoms with Crippen molar-refractivity contribution in [3.63, 3.8) is 0 Å². The molecule has 0 aliphatic carbocycles. The number of rotatable bonds is 4. The molecule has 0 aliphatic heterocycles. The van der Waals surface area contributed by atoms with Gasteiger partial charge in [0.15, 0.2) is 5.84 Å². The zero-order chi connectivity index (χ0) is 17.1. The molecule has 3 rings (SSSR count). The van der Waals surface area contributed by atoms with Crippen molar-refractivity contribution in [2.75, 3.05) is 0 Å². The van der Waals surface area contributed by atoms with E-state index >= 15 is 0 Å². The molecular weight excluding hydrogens is 306 g/mol. The highest BCUT2D eigenvalue weighted by Crippen LogP contribution is 2.20. The summed E-state index contributed by atoms with van der Waals surface area (Å²) in [6.07, 6.45) is 1.93. The molecule has 0 aliphatic rings. The number of carbonyl (C=O) groups is 1. The topological polar surface area (TPSA) is 117 Å². The summed E-state index contributed by atoms with van der Waals surface area (Å²) in [5.41, 5.74) is 2.78. The first-order valence-electron chi connectivity index (χ1n) is 7.19. The van der Waals surface area contributed by atoms with E-state index in [4.69, 9.17) is 16.4 Å². The third kappa shape index (κ3) is 3.00. The van der Waals surface area contributed by atoms with Crippen molar-refractivity contribution >= 4 is 22.7 Å². The predicted octanol–water partition coefficient (Wildman–Crippen LogP) is 3.04. The second kappa shape index (κ2) is 6.33. The zero-order valence-electron chi connectivity index (χ0n) is 12.7. The minimum Gasteiger partial charge on any atom is -0.478 e. The first-order valence-corrected chi connectivity index (χ1v) is 7.19. The molecule has 4 N–H and O–H groups in total. The van der Waals surface area contributed by atoms with Crippen LogP contribution >= 0.6 is 0 Å². The van der Waals surface area contributed by atoms with E-state index in [1.54, 1.807) is 24.3 Å². The van der Waals surface area contributed by atoms with E-state index in [1.165, 1.54) is 0 Å². The maximum Gasteiger partial charge on any atom is 0.335 e. The second-order valence-corrected chi connectivity index (χ2v) is 5.29. The van der Waals surface area contributed by atoms with Crippen molar-refractivity contribution in [3.8, 4) is 0 Å². The average molecular weight is 321 g/mol. The SMILES string of the molecule is N=C(N=NN)c1ccc2c(ccn2Cc2cccc(C(=O)O)c2)c1. The van der Waals surface area contributed by atoms with Gasteiger partial charge in [-0.25, -0.2) is 4.79 Å². The van der Waals surface area contributed by atoms with E-state index in [0.717, 1.165) is 16.5 Å². The molecule has 0 saturated carbocycles. The van der Waals surface area contributed by atoms with Gasteiger partial charge in [0.05, 0.1) is 5.56 Å². The van der Waals surface area contributed by atoms with Crippen molar-refractivity contribution < 1.29 is 9.90 Å². The summed E-state index contributed by atoms with van der Waals surface area (Å²) in [5.74, 6) is 4.04. The minimum atomic E-state index is -0.938. The number of fused-ring (bicyclic) bond motifs is 1. The Morgan fingerprint density at radius 1 is 1.17 bits per heavy atom. The van der Waals surface area contributed by atoms with E-state index < -0.39 is 5.97 Å². The summed E-state index contributed by atoms with van der Waals surface area (Å²) in [6, 6.07) is 14.3. The molecule has 0 fully saturated rings. The Morgan fingerprint density at radius 3 is 2.75 bits per heavy atom. The molecule has 7 heteroatoms. The molecule has 24 heavy (non-hydrogen) atoms. The van der Waals surface area contributed by atoms with E-state index in [9.17, 15) is 4.79 Å². The fourth-order valence-corrected chi connectivity index (χ4v) is 2.60. The van der Waals surface area contributed by atoms with Crippen LogP contribution in [0.4, 0.5) is 0 Å². The van der Waals surface area contributed by atoms with Crippen LogP contribution in [-0.4, -0.2) is 21.5 Å². The Hall–Kier alpha value is -3.48. The maximum atomic E-state index is 11.1. The van der Waals surface area contributed by atoms with Gasteiger partial charge in [-0.1, -0.05) is 17.4 Å². The van der Waals surface area contributed by atoms with Crippen molar-refractivity contribution in [2.45, 2.75) is 6.54 Å². The molecule has 7 nitrogen and oxygen atoms in total. The van der Waals surface area contributed by atoms with Crippen LogP contribution in [-0.2, 0) is 6.54 Å². The van der Waals surface area contributed by atoms with Crippen LogP contribution in [0.1, 0.15) is 21.5 Å². The number of hydrogen-bond donors (Lipinski definition) is 3. The van der Waals surface area contributed by atoms with Gasteiger partial charge in [-0.05, 0) is 42.0 Å². The van der Waals surface area contributed by atoms with Crippen molar-refractivity contribution in [3.05, 3.63) is 71.4 Å². The summed E-state index contributed by atoms with van der Waals surface area (Å²) >= 11 is 0. The summed E-state index contributed by atoms with van der Waals surface area (Å²) in [6.45, 7) is 0.559. The van der Waals surface area contributed by atoms with Crippen molar-refractivity contribution in [1.29, 1.82) is 5.41 Å². The van der Waals surface area contributed by atoms with E-state index in [2.05, 4.69) is 10.3 Å². The molecule has 0 radical (unpaired) electrons. The van der Waals surface area contributed by atoms with Crippen LogP contribution in [0.3, 0.4) is 0 Å². The molecule has 120 valence electrons. The number of carboxylic acids is 1. The number of nitrogens with one attached hydrogen (secondary N) is 1. The highest BCUT2D eigenvalue weighted by molar-refractivity contribution is 6.00. The van der Waals surface area contributed by atoms with E-state index in [-0.39, 0.29) is 11.4 Å². The highest BCUT2D eigenvalue weighted by atomic mass is 16.4. The van der Waals surface area contributed by atoms with Crippen LogP contribution in [0.15, 0.2) is 65.1 Å². The summed E-state index contributed by atoms with van der Waals surface area (Å²) in [7, 11) is 0. The smallest absolute Gasteiger partial charge is 0.335 e. The zero-order valence-corrected chi connectivity index (χ0v) is 12.7. The van der Waals surface area contributed by atoms with Crippen LogP contribution < -0.4 is 5.84 Å². The number of nitrogens with zero attached hydrogens (tertiary/aromatic N) is 3. The van der Waals surface area contributed by atoms with E-state index in [0.29, 0.717) is 12.1 Å².